The van der Waals surface area contributed by atoms with Crippen LogP contribution in [0.3, 0.4) is 0 Å². The van der Waals surface area contributed by atoms with Crippen molar-refractivity contribution >= 4 is 45.3 Å². The Morgan fingerprint density at radius 3 is 2.17 bits per heavy atom. The summed E-state index contributed by atoms with van der Waals surface area (Å²) in [6, 6.07) is 0. The molecule has 0 aromatic heterocycles. The average molecular weight is 603 g/mol. The van der Waals surface area contributed by atoms with Gasteiger partial charge in [-0.1, -0.05) is 34.9 Å². The Labute approximate surface area is 246 Å². The second-order valence-electron chi connectivity index (χ2n) is 9.54. The van der Waals surface area contributed by atoms with Gasteiger partial charge in [0.25, 0.3) is 5.91 Å². The molecule has 11 nitrogen and oxygen atoms in total. The van der Waals surface area contributed by atoms with E-state index in [2.05, 4.69) is 36.7 Å². The number of hydrogen-bond acceptors (Lipinski definition) is 10. The lowest BCUT2D eigenvalue weighted by molar-refractivity contribution is -0.125. The molecule has 0 spiro atoms. The number of hydrogen-bond donors (Lipinski definition) is 3. The van der Waals surface area contributed by atoms with Crippen LogP contribution >= 0.6 is 21.6 Å². The fraction of sp³-hybridized carbons (Fsp3) is 0.741. The van der Waals surface area contributed by atoms with E-state index in [-0.39, 0.29) is 41.1 Å². The summed E-state index contributed by atoms with van der Waals surface area (Å²) in [5.74, 6) is 2.16. The lowest BCUT2D eigenvalue weighted by Gasteiger charge is -2.22. The number of unbranched alkanes of at least 4 members (excludes halogenated alkanes) is 1. The van der Waals surface area contributed by atoms with Crippen molar-refractivity contribution in [2.45, 2.75) is 51.2 Å². The number of rotatable bonds is 25. The first-order valence-electron chi connectivity index (χ1n) is 13.8. The van der Waals surface area contributed by atoms with Gasteiger partial charge in [0.2, 0.25) is 11.8 Å². The predicted molar refractivity (Wildman–Crippen MR) is 160 cm³/mol. The number of carbonyl (C=O) groups is 3. The van der Waals surface area contributed by atoms with Crippen LogP contribution in [0.25, 0.3) is 0 Å². The summed E-state index contributed by atoms with van der Waals surface area (Å²) in [5.41, 5.74) is 0.138. The SMILES string of the molecule is CCCCNCCSSC(C)(C)CC(=O)NCCOCCOCCOCCNC(=O)CCN1C(=O)C=CC1=C=O. The van der Waals surface area contributed by atoms with Crippen LogP contribution in [-0.4, -0.2) is 111 Å². The van der Waals surface area contributed by atoms with Gasteiger partial charge in [-0.15, -0.1) is 0 Å². The van der Waals surface area contributed by atoms with Crippen molar-refractivity contribution in [3.63, 3.8) is 0 Å². The van der Waals surface area contributed by atoms with E-state index in [9.17, 15) is 19.2 Å². The molecule has 1 aliphatic heterocycles. The van der Waals surface area contributed by atoms with Crippen LogP contribution in [0.2, 0.25) is 0 Å². The van der Waals surface area contributed by atoms with E-state index in [0.717, 1.165) is 18.8 Å². The third-order valence-corrected chi connectivity index (χ3v) is 8.72. The number of ether oxygens (including phenoxy) is 3. The number of nitrogens with zero attached hydrogens (tertiary/aromatic N) is 1. The summed E-state index contributed by atoms with van der Waals surface area (Å²) >= 11 is 0. The van der Waals surface area contributed by atoms with Gasteiger partial charge in [-0.25, -0.2) is 4.79 Å². The summed E-state index contributed by atoms with van der Waals surface area (Å²) < 4.78 is 16.2. The highest BCUT2D eigenvalue weighted by Gasteiger charge is 2.23. The van der Waals surface area contributed by atoms with Gasteiger partial charge in [-0.2, -0.15) is 0 Å². The third-order valence-electron chi connectivity index (χ3n) is 5.43. The largest absolute Gasteiger partial charge is 0.377 e. The lowest BCUT2D eigenvalue weighted by atomic mass is 10.1. The minimum absolute atomic E-state index is 0.0237. The van der Waals surface area contributed by atoms with Crippen LogP contribution < -0.4 is 16.0 Å². The highest BCUT2D eigenvalue weighted by molar-refractivity contribution is 8.77. The van der Waals surface area contributed by atoms with Crippen molar-refractivity contribution in [3.05, 3.63) is 17.8 Å². The monoisotopic (exact) mass is 602 g/mol. The Morgan fingerprint density at radius 2 is 1.55 bits per heavy atom. The minimum atomic E-state index is -0.327. The Bertz CT molecular complexity index is 836. The molecule has 0 saturated heterocycles. The van der Waals surface area contributed by atoms with E-state index < -0.39 is 0 Å². The van der Waals surface area contributed by atoms with Crippen LogP contribution in [0.5, 0.6) is 0 Å². The molecule has 228 valence electrons. The summed E-state index contributed by atoms with van der Waals surface area (Å²) in [7, 11) is 3.56. The number of allylic oxidation sites excluding steroid dienone is 1. The topological polar surface area (TPSA) is 135 Å². The zero-order valence-electron chi connectivity index (χ0n) is 24.1. The van der Waals surface area contributed by atoms with Gasteiger partial charge in [0, 0.05) is 55.6 Å². The highest BCUT2D eigenvalue weighted by Crippen LogP contribution is 2.37. The summed E-state index contributed by atoms with van der Waals surface area (Å²) in [6.07, 6.45) is 5.60. The third kappa shape index (κ3) is 18.5. The maximum Gasteiger partial charge on any atom is 0.251 e. The molecule has 0 saturated carbocycles. The summed E-state index contributed by atoms with van der Waals surface area (Å²) in [4.78, 5) is 47.7. The fourth-order valence-corrected chi connectivity index (χ4v) is 5.81. The highest BCUT2D eigenvalue weighted by atomic mass is 33.1. The van der Waals surface area contributed by atoms with Crippen molar-refractivity contribution in [1.29, 1.82) is 0 Å². The average Bonchev–Trinajstić information content (AvgIpc) is 3.28. The molecule has 0 aliphatic carbocycles. The van der Waals surface area contributed by atoms with Crippen LogP contribution in [0.4, 0.5) is 0 Å². The van der Waals surface area contributed by atoms with E-state index in [1.54, 1.807) is 27.5 Å². The van der Waals surface area contributed by atoms with E-state index in [0.29, 0.717) is 59.2 Å². The van der Waals surface area contributed by atoms with Crippen molar-refractivity contribution in [2.24, 2.45) is 0 Å². The van der Waals surface area contributed by atoms with E-state index in [1.165, 1.54) is 29.9 Å². The maximum atomic E-state index is 12.2. The molecule has 0 radical (unpaired) electrons. The van der Waals surface area contributed by atoms with Gasteiger partial charge in [0.15, 0.2) is 5.94 Å². The van der Waals surface area contributed by atoms with Gasteiger partial charge < -0.3 is 30.2 Å². The standard InChI is InChI=1S/C27H46N4O7S2/c1-4-5-9-28-12-20-39-40-27(2,3)21-25(34)30-11-15-37-17-19-38-18-16-36-14-10-29-24(33)8-13-31-23(22-32)6-7-26(31)35/h6-7,28H,4-5,8-21H2,1-3H3,(H,29,33)(H,30,34). The first kappa shape index (κ1) is 36.2. The number of nitrogens with one attached hydrogen (secondary N) is 3. The molecule has 1 rings (SSSR count). The smallest absolute Gasteiger partial charge is 0.251 e. The van der Waals surface area contributed by atoms with Gasteiger partial charge >= 0.3 is 0 Å². The Hall–Kier alpha value is -1.86. The summed E-state index contributed by atoms with van der Waals surface area (Å²) in [6.45, 7) is 11.7. The van der Waals surface area contributed by atoms with Crippen molar-refractivity contribution in [2.75, 3.05) is 78.1 Å². The second kappa shape index (κ2) is 22.8. The molecule has 0 fully saturated rings. The zero-order chi connectivity index (χ0) is 29.5. The second-order valence-corrected chi connectivity index (χ2v) is 12.7. The molecule has 13 heteroatoms. The molecule has 3 amide bonds. The summed E-state index contributed by atoms with van der Waals surface area (Å²) in [5, 5.41) is 9.03. The fourth-order valence-electron chi connectivity index (χ4n) is 3.36. The van der Waals surface area contributed by atoms with Crippen LogP contribution in [0.1, 0.15) is 46.5 Å². The molecule has 0 unspecified atom stereocenters. The molecular formula is C27H46N4O7S2. The molecule has 3 N–H and O–H groups in total. The van der Waals surface area contributed by atoms with Crippen molar-refractivity contribution in [1.82, 2.24) is 20.9 Å². The van der Waals surface area contributed by atoms with Crippen LogP contribution in [0.15, 0.2) is 17.8 Å². The lowest BCUT2D eigenvalue weighted by Crippen LogP contribution is -2.33. The van der Waals surface area contributed by atoms with Gasteiger partial charge in [-0.05, 0) is 32.9 Å². The molecular weight excluding hydrogens is 556 g/mol. The minimum Gasteiger partial charge on any atom is -0.377 e. The van der Waals surface area contributed by atoms with E-state index >= 15 is 0 Å². The molecule has 40 heavy (non-hydrogen) atoms. The molecule has 0 aromatic rings. The van der Waals surface area contributed by atoms with Crippen molar-refractivity contribution in [3.8, 4) is 0 Å². The number of carbonyl (C=O) groups excluding carboxylic acids is 4. The molecule has 0 aromatic carbocycles. The molecule has 0 atom stereocenters. The molecule has 1 heterocycles. The van der Waals surface area contributed by atoms with Gasteiger partial charge in [0.1, 0.15) is 5.70 Å². The zero-order valence-corrected chi connectivity index (χ0v) is 25.7. The normalized spacial score (nSPS) is 13.1. The van der Waals surface area contributed by atoms with Gasteiger partial charge in [0.05, 0.1) is 39.6 Å². The molecule has 1 aliphatic rings. The first-order chi connectivity index (χ1) is 19.3. The first-order valence-corrected chi connectivity index (χ1v) is 16.1. The predicted octanol–water partition coefficient (Wildman–Crippen LogP) is 1.71. The quantitative estimate of drug-likeness (QED) is 0.0805. The van der Waals surface area contributed by atoms with E-state index in [4.69, 9.17) is 14.2 Å². The van der Waals surface area contributed by atoms with Gasteiger partial charge in [-0.3, -0.25) is 19.3 Å². The number of amides is 3. The van der Waals surface area contributed by atoms with E-state index in [1.807, 2.05) is 0 Å². The van der Waals surface area contributed by atoms with Crippen LogP contribution in [-0.2, 0) is 33.4 Å². The molecule has 0 bridgehead atoms. The Balaban J connectivity index is 1.88. The van der Waals surface area contributed by atoms with Crippen molar-refractivity contribution < 1.29 is 33.4 Å². The maximum absolute atomic E-state index is 12.2. The Morgan fingerprint density at radius 1 is 0.925 bits per heavy atom. The van der Waals surface area contributed by atoms with Crippen LogP contribution in [0, 0.1) is 0 Å². The Kier molecular flexibility index (Phi) is 20.6.